The highest BCUT2D eigenvalue weighted by Gasteiger charge is 2.39. The number of carbonyl (C=O) groups is 2. The normalized spacial score (nSPS) is 21.9. The van der Waals surface area contributed by atoms with E-state index in [1.165, 1.54) is 0 Å². The molecule has 0 aliphatic carbocycles. The first-order valence-corrected chi connectivity index (χ1v) is 12.2. The van der Waals surface area contributed by atoms with E-state index in [2.05, 4.69) is 37.9 Å². The second kappa shape index (κ2) is 11.0. The molecule has 0 radical (unpaired) electrons. The van der Waals surface area contributed by atoms with Crippen LogP contribution in [0.4, 0.5) is 0 Å². The van der Waals surface area contributed by atoms with Crippen molar-refractivity contribution in [3.63, 3.8) is 0 Å². The van der Waals surface area contributed by atoms with Crippen molar-refractivity contribution in [3.05, 3.63) is 65.2 Å². The number of nitrogens with one attached hydrogen (secondary N) is 1. The largest absolute Gasteiger partial charge is 0.508 e. The highest BCUT2D eigenvalue weighted by molar-refractivity contribution is 5.87. The predicted octanol–water partition coefficient (Wildman–Crippen LogP) is 4.46. The first-order chi connectivity index (χ1) is 16.1. The first kappa shape index (κ1) is 25.8. The maximum absolute atomic E-state index is 12.7. The molecule has 6 heteroatoms. The molecule has 0 bridgehead atoms. The fourth-order valence-corrected chi connectivity index (χ4v) is 4.82. The number of aromatic carboxylic acids is 1. The highest BCUT2D eigenvalue weighted by atomic mass is 16.4. The molecule has 3 rings (SSSR count). The summed E-state index contributed by atoms with van der Waals surface area (Å²) in [6.45, 7) is 11.4. The number of aromatic hydroxyl groups is 1. The summed E-state index contributed by atoms with van der Waals surface area (Å²) >= 11 is 0. The molecule has 3 N–H and O–H groups in total. The SMILES string of the molecule is CC(C)[C@@H](CN1CC[C@@](C)(c2cccc(C(=O)O)c2)C(C)C1)NC(=O)CCc1ccc(O)cc1. The lowest BCUT2D eigenvalue weighted by atomic mass is 9.67. The highest BCUT2D eigenvalue weighted by Crippen LogP contribution is 2.39. The van der Waals surface area contributed by atoms with Crippen molar-refractivity contribution in [2.24, 2.45) is 11.8 Å². The van der Waals surface area contributed by atoms with E-state index in [1.807, 2.05) is 30.3 Å². The minimum Gasteiger partial charge on any atom is -0.508 e. The van der Waals surface area contributed by atoms with Crippen LogP contribution in [-0.2, 0) is 16.6 Å². The van der Waals surface area contributed by atoms with Gasteiger partial charge in [-0.15, -0.1) is 0 Å². The number of phenols is 1. The van der Waals surface area contributed by atoms with Crippen LogP contribution in [0.1, 0.15) is 62.0 Å². The molecular formula is C28H38N2O4. The summed E-state index contributed by atoms with van der Waals surface area (Å²) in [7, 11) is 0. The molecule has 0 aromatic heterocycles. The summed E-state index contributed by atoms with van der Waals surface area (Å²) in [6, 6.07) is 14.4. The number of benzene rings is 2. The molecule has 1 aliphatic rings. The van der Waals surface area contributed by atoms with Crippen molar-refractivity contribution in [2.45, 2.75) is 58.4 Å². The van der Waals surface area contributed by atoms with E-state index in [-0.39, 0.29) is 23.1 Å². The lowest BCUT2D eigenvalue weighted by Crippen LogP contribution is -2.53. The second-order valence-corrected chi connectivity index (χ2v) is 10.3. The Hall–Kier alpha value is -2.86. The molecule has 2 aromatic carbocycles. The summed E-state index contributed by atoms with van der Waals surface area (Å²) < 4.78 is 0. The molecule has 1 unspecified atom stereocenters. The van der Waals surface area contributed by atoms with Crippen LogP contribution >= 0.6 is 0 Å². The smallest absolute Gasteiger partial charge is 0.335 e. The van der Waals surface area contributed by atoms with Crippen LogP contribution in [0.5, 0.6) is 5.75 Å². The van der Waals surface area contributed by atoms with E-state index in [4.69, 9.17) is 0 Å². The summed E-state index contributed by atoms with van der Waals surface area (Å²) in [5.41, 5.74) is 2.37. The standard InChI is InChI=1S/C28H38N2O4/c1-19(2)25(29-26(32)13-10-21-8-11-24(31)12-9-21)18-30-15-14-28(4,20(3)17-30)23-7-5-6-22(16-23)27(33)34/h5-9,11-12,16,19-20,25,31H,10,13-15,17-18H2,1-4H3,(H,29,32)(H,33,34)/t20?,25-,28-/m1/s1. The fraction of sp³-hybridized carbons (Fsp3) is 0.500. The van der Waals surface area contributed by atoms with Crippen molar-refractivity contribution in [1.29, 1.82) is 0 Å². The molecule has 0 saturated carbocycles. The molecule has 34 heavy (non-hydrogen) atoms. The van der Waals surface area contributed by atoms with Crippen LogP contribution in [0, 0.1) is 11.8 Å². The van der Waals surface area contributed by atoms with Crippen LogP contribution in [0.25, 0.3) is 0 Å². The molecule has 3 atom stereocenters. The minimum atomic E-state index is -0.892. The topological polar surface area (TPSA) is 89.9 Å². The first-order valence-electron chi connectivity index (χ1n) is 12.2. The number of amides is 1. The average Bonchev–Trinajstić information content (AvgIpc) is 2.80. The minimum absolute atomic E-state index is 0.0483. The molecule has 1 fully saturated rings. The maximum atomic E-state index is 12.7. The van der Waals surface area contributed by atoms with E-state index in [9.17, 15) is 19.8 Å². The van der Waals surface area contributed by atoms with Gasteiger partial charge in [0.05, 0.1) is 5.56 Å². The molecule has 2 aromatic rings. The molecule has 6 nitrogen and oxygen atoms in total. The molecule has 1 aliphatic heterocycles. The van der Waals surface area contributed by atoms with Gasteiger partial charge in [0.25, 0.3) is 0 Å². The fourth-order valence-electron chi connectivity index (χ4n) is 4.82. The summed E-state index contributed by atoms with van der Waals surface area (Å²) in [5.74, 6) is 0.0509. The van der Waals surface area contributed by atoms with Crippen molar-refractivity contribution in [2.75, 3.05) is 19.6 Å². The number of phenolic OH excluding ortho intramolecular Hbond substituents is 1. The second-order valence-electron chi connectivity index (χ2n) is 10.3. The van der Waals surface area contributed by atoms with Crippen LogP contribution in [0.15, 0.2) is 48.5 Å². The number of carboxylic acid groups (broad SMARTS) is 1. The van der Waals surface area contributed by atoms with Crippen LogP contribution < -0.4 is 5.32 Å². The van der Waals surface area contributed by atoms with Gasteiger partial charge in [0.1, 0.15) is 5.75 Å². The Morgan fingerprint density at radius 1 is 1.18 bits per heavy atom. The maximum Gasteiger partial charge on any atom is 0.335 e. The van der Waals surface area contributed by atoms with Crippen LogP contribution in [0.2, 0.25) is 0 Å². The summed E-state index contributed by atoms with van der Waals surface area (Å²) in [4.78, 5) is 26.5. The predicted molar refractivity (Wildman–Crippen MR) is 134 cm³/mol. The van der Waals surface area contributed by atoms with E-state index in [1.54, 1.807) is 18.2 Å². The zero-order chi connectivity index (χ0) is 24.9. The Labute approximate surface area is 203 Å². The number of piperidine rings is 1. The average molecular weight is 467 g/mol. The van der Waals surface area contributed by atoms with Crippen molar-refractivity contribution >= 4 is 11.9 Å². The van der Waals surface area contributed by atoms with Crippen molar-refractivity contribution in [3.8, 4) is 5.75 Å². The number of likely N-dealkylation sites (tertiary alicyclic amines) is 1. The van der Waals surface area contributed by atoms with E-state index in [0.29, 0.717) is 30.2 Å². The molecule has 1 amide bonds. The Morgan fingerprint density at radius 3 is 2.50 bits per heavy atom. The van der Waals surface area contributed by atoms with Gasteiger partial charge in [0.15, 0.2) is 0 Å². The number of aryl methyl sites for hydroxylation is 1. The molecule has 1 heterocycles. The third-order valence-corrected chi connectivity index (χ3v) is 7.52. The molecule has 0 spiro atoms. The lowest BCUT2D eigenvalue weighted by molar-refractivity contribution is -0.122. The number of carbonyl (C=O) groups excluding carboxylic acids is 1. The van der Waals surface area contributed by atoms with Gasteiger partial charge in [-0.3, -0.25) is 4.79 Å². The lowest BCUT2D eigenvalue weighted by Gasteiger charge is -2.46. The van der Waals surface area contributed by atoms with Gasteiger partial charge >= 0.3 is 5.97 Å². The Bertz CT molecular complexity index is 988. The number of hydrogen-bond donors (Lipinski definition) is 3. The van der Waals surface area contributed by atoms with Gasteiger partial charge in [0, 0.05) is 25.6 Å². The van der Waals surface area contributed by atoms with Gasteiger partial charge < -0.3 is 20.4 Å². The van der Waals surface area contributed by atoms with Gasteiger partial charge in [0.2, 0.25) is 5.91 Å². The van der Waals surface area contributed by atoms with Gasteiger partial charge in [-0.05, 0) is 72.0 Å². The Morgan fingerprint density at radius 2 is 1.88 bits per heavy atom. The zero-order valence-electron chi connectivity index (χ0n) is 20.8. The Balaban J connectivity index is 1.57. The van der Waals surface area contributed by atoms with E-state index in [0.717, 1.165) is 37.2 Å². The number of hydrogen-bond acceptors (Lipinski definition) is 4. The third-order valence-electron chi connectivity index (χ3n) is 7.52. The van der Waals surface area contributed by atoms with E-state index >= 15 is 0 Å². The summed E-state index contributed by atoms with van der Waals surface area (Å²) in [6.07, 6.45) is 2.00. The third kappa shape index (κ3) is 6.38. The molecular weight excluding hydrogens is 428 g/mol. The molecule has 184 valence electrons. The van der Waals surface area contributed by atoms with Gasteiger partial charge in [-0.25, -0.2) is 4.79 Å². The van der Waals surface area contributed by atoms with Gasteiger partial charge in [-0.1, -0.05) is 52.0 Å². The molecule has 1 saturated heterocycles. The summed E-state index contributed by atoms with van der Waals surface area (Å²) in [5, 5.41) is 22.0. The Kier molecular flexibility index (Phi) is 8.37. The number of nitrogens with zero attached hydrogens (tertiary/aromatic N) is 1. The van der Waals surface area contributed by atoms with Crippen LogP contribution in [0.3, 0.4) is 0 Å². The number of rotatable bonds is 9. The monoisotopic (exact) mass is 466 g/mol. The number of carboxylic acids is 1. The van der Waals surface area contributed by atoms with Crippen LogP contribution in [-0.4, -0.2) is 52.7 Å². The van der Waals surface area contributed by atoms with Gasteiger partial charge in [-0.2, -0.15) is 0 Å². The quantitative estimate of drug-likeness (QED) is 0.508. The van der Waals surface area contributed by atoms with Crippen molar-refractivity contribution < 1.29 is 19.8 Å². The zero-order valence-corrected chi connectivity index (χ0v) is 20.8. The van der Waals surface area contributed by atoms with E-state index < -0.39 is 5.97 Å². The van der Waals surface area contributed by atoms with Crippen molar-refractivity contribution in [1.82, 2.24) is 10.2 Å².